The van der Waals surface area contributed by atoms with Crippen LogP contribution < -0.4 is 4.90 Å². The Bertz CT molecular complexity index is 1120. The van der Waals surface area contributed by atoms with Gasteiger partial charge < -0.3 is 24.3 Å². The molecule has 5 rings (SSSR count). The van der Waals surface area contributed by atoms with E-state index in [4.69, 9.17) is 9.57 Å². The number of carbonyl (C=O) groups excluding carboxylic acids is 2. The van der Waals surface area contributed by atoms with E-state index in [0.717, 1.165) is 51.0 Å². The van der Waals surface area contributed by atoms with E-state index >= 15 is 0 Å². The Hall–Kier alpha value is -3.17. The molecule has 2 aromatic rings. The summed E-state index contributed by atoms with van der Waals surface area (Å²) in [6.45, 7) is 11.3. The Morgan fingerprint density at radius 3 is 2.33 bits per heavy atom. The second kappa shape index (κ2) is 11.9. The Labute approximate surface area is 231 Å². The predicted octanol–water partition coefficient (Wildman–Crippen LogP) is 3.99. The fourth-order valence-corrected chi connectivity index (χ4v) is 5.84. The first-order valence-corrected chi connectivity index (χ1v) is 14.2. The highest BCUT2D eigenvalue weighted by Gasteiger charge is 2.42. The van der Waals surface area contributed by atoms with Crippen molar-refractivity contribution in [3.63, 3.8) is 0 Å². The first-order chi connectivity index (χ1) is 18.7. The first-order valence-electron chi connectivity index (χ1n) is 14.2. The summed E-state index contributed by atoms with van der Waals surface area (Å²) in [6, 6.07) is 14.1. The van der Waals surface area contributed by atoms with Gasteiger partial charge in [0.05, 0.1) is 5.56 Å². The van der Waals surface area contributed by atoms with Crippen molar-refractivity contribution in [3.8, 4) is 0 Å². The number of amides is 1. The highest BCUT2D eigenvalue weighted by atomic mass is 16.7. The quantitative estimate of drug-likeness (QED) is 0.527. The number of pyridine rings is 1. The number of piperazine rings is 2. The summed E-state index contributed by atoms with van der Waals surface area (Å²) in [6.07, 6.45) is 5.85. The van der Waals surface area contributed by atoms with E-state index in [2.05, 4.69) is 26.9 Å². The lowest BCUT2D eigenvalue weighted by atomic mass is 10.1. The third-order valence-corrected chi connectivity index (χ3v) is 7.69. The molecule has 0 radical (unpaired) electrons. The smallest absolute Gasteiger partial charge is 0.410 e. The molecule has 2 atom stereocenters. The Kier molecular flexibility index (Phi) is 8.37. The highest BCUT2D eigenvalue weighted by Crippen LogP contribution is 2.35. The maximum Gasteiger partial charge on any atom is 0.410 e. The Morgan fingerprint density at radius 2 is 1.67 bits per heavy atom. The number of anilines is 1. The number of hydrogen-bond donors (Lipinski definition) is 0. The number of carbonyl (C=O) groups is 2. The summed E-state index contributed by atoms with van der Waals surface area (Å²) in [4.78, 5) is 42.0. The van der Waals surface area contributed by atoms with Crippen molar-refractivity contribution in [2.24, 2.45) is 0 Å². The molecule has 1 aromatic heterocycles. The number of hydroxylamine groups is 2. The topological polar surface area (TPSA) is 78.5 Å². The maximum atomic E-state index is 12.6. The lowest BCUT2D eigenvalue weighted by Crippen LogP contribution is -2.56. The number of aromatic nitrogens is 1. The van der Waals surface area contributed by atoms with Crippen molar-refractivity contribution >= 4 is 17.7 Å². The molecule has 1 amide bonds. The standard InChI is InChI=1S/C30H41N5O4/c1-30(2,3)38-29(37)33-21-26-11-12-27(22-33)35(26)25-13-14-31-24(20-25)10-7-15-32-16-18-34(19-17-32)39-28(36)23-8-5-4-6-9-23/h4-6,8-9,13-14,20,26-27H,7,10-12,15-19,21-22H2,1-3H3. The van der Waals surface area contributed by atoms with E-state index in [9.17, 15) is 9.59 Å². The molecule has 210 valence electrons. The van der Waals surface area contributed by atoms with Crippen molar-refractivity contribution in [2.75, 3.05) is 50.7 Å². The van der Waals surface area contributed by atoms with Crippen LogP contribution in [-0.4, -0.2) is 95.4 Å². The highest BCUT2D eigenvalue weighted by molar-refractivity contribution is 5.89. The minimum Gasteiger partial charge on any atom is -0.444 e. The molecule has 39 heavy (non-hydrogen) atoms. The molecule has 3 saturated heterocycles. The number of aryl methyl sites for hydroxylation is 1. The van der Waals surface area contributed by atoms with Gasteiger partial charge in [-0.3, -0.25) is 4.98 Å². The van der Waals surface area contributed by atoms with Gasteiger partial charge in [0.15, 0.2) is 0 Å². The van der Waals surface area contributed by atoms with Crippen molar-refractivity contribution in [2.45, 2.75) is 64.1 Å². The van der Waals surface area contributed by atoms with Gasteiger partial charge >= 0.3 is 12.1 Å². The number of nitrogens with zero attached hydrogens (tertiary/aromatic N) is 5. The van der Waals surface area contributed by atoms with Gasteiger partial charge in [-0.1, -0.05) is 18.2 Å². The fourth-order valence-electron chi connectivity index (χ4n) is 5.84. The van der Waals surface area contributed by atoms with Crippen molar-refractivity contribution in [1.29, 1.82) is 0 Å². The van der Waals surface area contributed by atoms with Crippen molar-refractivity contribution in [3.05, 3.63) is 59.9 Å². The monoisotopic (exact) mass is 535 g/mol. The molecule has 9 nitrogen and oxygen atoms in total. The number of hydrogen-bond acceptors (Lipinski definition) is 8. The molecule has 3 aliphatic heterocycles. The van der Waals surface area contributed by atoms with Gasteiger partial charge in [-0.25, -0.2) is 9.59 Å². The molecule has 3 fully saturated rings. The van der Waals surface area contributed by atoms with Gasteiger partial charge in [-0.05, 0) is 77.3 Å². The maximum absolute atomic E-state index is 12.6. The molecule has 0 spiro atoms. The minimum atomic E-state index is -0.476. The van der Waals surface area contributed by atoms with Gasteiger partial charge in [-0.2, -0.15) is 0 Å². The van der Waals surface area contributed by atoms with Crippen LogP contribution in [0.4, 0.5) is 10.5 Å². The largest absolute Gasteiger partial charge is 0.444 e. The SMILES string of the molecule is CC(C)(C)OC(=O)N1CC2CCC(C1)N2c1ccnc(CCCN2CCN(OC(=O)c3ccccc3)CC2)c1. The summed E-state index contributed by atoms with van der Waals surface area (Å²) in [7, 11) is 0. The van der Waals surface area contributed by atoms with Gasteiger partial charge in [0.25, 0.3) is 0 Å². The van der Waals surface area contributed by atoms with Crippen LogP contribution >= 0.6 is 0 Å². The van der Waals surface area contributed by atoms with Gasteiger partial charge in [0, 0.05) is 68.9 Å². The third kappa shape index (κ3) is 7.08. The van der Waals surface area contributed by atoms with Crippen LogP contribution in [0.25, 0.3) is 0 Å². The van der Waals surface area contributed by atoms with Gasteiger partial charge in [0.2, 0.25) is 0 Å². The van der Waals surface area contributed by atoms with Crippen LogP contribution in [0.3, 0.4) is 0 Å². The van der Waals surface area contributed by atoms with Crippen LogP contribution in [0.15, 0.2) is 48.7 Å². The number of benzene rings is 1. The van der Waals surface area contributed by atoms with Crippen LogP contribution in [0.2, 0.25) is 0 Å². The van der Waals surface area contributed by atoms with E-state index in [1.165, 1.54) is 5.69 Å². The molecular formula is C30H41N5O4. The molecule has 0 N–H and O–H groups in total. The fraction of sp³-hybridized carbons (Fsp3) is 0.567. The van der Waals surface area contributed by atoms with Crippen molar-refractivity contribution in [1.82, 2.24) is 19.8 Å². The summed E-state index contributed by atoms with van der Waals surface area (Å²) in [5, 5.41) is 1.77. The second-order valence-corrected chi connectivity index (χ2v) is 11.8. The molecule has 9 heteroatoms. The van der Waals surface area contributed by atoms with E-state index in [0.29, 0.717) is 43.8 Å². The zero-order chi connectivity index (χ0) is 27.4. The third-order valence-electron chi connectivity index (χ3n) is 7.69. The summed E-state index contributed by atoms with van der Waals surface area (Å²) in [5.41, 5.74) is 2.42. The summed E-state index contributed by atoms with van der Waals surface area (Å²) in [5.74, 6) is -0.297. The van der Waals surface area contributed by atoms with Crippen LogP contribution in [0.5, 0.6) is 0 Å². The average Bonchev–Trinajstić information content (AvgIpc) is 3.18. The zero-order valence-corrected chi connectivity index (χ0v) is 23.4. The van der Waals surface area contributed by atoms with E-state index in [1.54, 1.807) is 17.2 Å². The normalized spacial score (nSPS) is 22.1. The predicted molar refractivity (Wildman–Crippen MR) is 150 cm³/mol. The summed E-state index contributed by atoms with van der Waals surface area (Å²) >= 11 is 0. The number of rotatable bonds is 7. The molecule has 0 saturated carbocycles. The van der Waals surface area contributed by atoms with Crippen LogP contribution in [0, 0.1) is 0 Å². The first kappa shape index (κ1) is 27.4. The van der Waals surface area contributed by atoms with Gasteiger partial charge in [0.1, 0.15) is 5.60 Å². The summed E-state index contributed by atoms with van der Waals surface area (Å²) < 4.78 is 5.63. The number of ether oxygens (including phenoxy) is 1. The average molecular weight is 536 g/mol. The van der Waals surface area contributed by atoms with E-state index < -0.39 is 5.60 Å². The molecular weight excluding hydrogens is 494 g/mol. The Balaban J connectivity index is 1.07. The van der Waals surface area contributed by atoms with Crippen molar-refractivity contribution < 1.29 is 19.2 Å². The van der Waals surface area contributed by atoms with Crippen LogP contribution in [0.1, 0.15) is 56.1 Å². The minimum absolute atomic E-state index is 0.204. The lowest BCUT2D eigenvalue weighted by Gasteiger charge is -2.42. The number of likely N-dealkylation sites (tertiary alicyclic amines) is 1. The molecule has 4 heterocycles. The molecule has 3 aliphatic rings. The van der Waals surface area contributed by atoms with Crippen LogP contribution in [-0.2, 0) is 16.0 Å². The van der Waals surface area contributed by atoms with E-state index in [-0.39, 0.29) is 12.1 Å². The molecule has 2 bridgehead atoms. The number of fused-ring (bicyclic) bond motifs is 2. The lowest BCUT2D eigenvalue weighted by molar-refractivity contribution is -0.130. The molecule has 2 unspecified atom stereocenters. The van der Waals surface area contributed by atoms with E-state index in [1.807, 2.05) is 50.1 Å². The molecule has 1 aromatic carbocycles. The Morgan fingerprint density at radius 1 is 0.974 bits per heavy atom. The molecule has 0 aliphatic carbocycles. The van der Waals surface area contributed by atoms with Gasteiger partial charge in [-0.15, -0.1) is 5.06 Å². The zero-order valence-electron chi connectivity index (χ0n) is 23.4. The second-order valence-electron chi connectivity index (χ2n) is 11.8.